The number of benzene rings is 1. The fourth-order valence-electron chi connectivity index (χ4n) is 2.14. The second kappa shape index (κ2) is 6.79. The van der Waals surface area contributed by atoms with Crippen molar-refractivity contribution in [3.8, 4) is 0 Å². The molecule has 1 aliphatic rings. The zero-order valence-electron chi connectivity index (χ0n) is 12.0. The first-order chi connectivity index (χ1) is 9.56. The molecular weight excluding hydrogens is 272 g/mol. The lowest BCUT2D eigenvalue weighted by Gasteiger charge is -2.34. The van der Waals surface area contributed by atoms with Crippen molar-refractivity contribution in [2.24, 2.45) is 0 Å². The molecule has 4 nitrogen and oxygen atoms in total. The zero-order chi connectivity index (χ0) is 14.5. The van der Waals surface area contributed by atoms with Gasteiger partial charge in [-0.05, 0) is 19.1 Å². The first-order valence-electron chi connectivity index (χ1n) is 6.79. The Bertz CT molecular complexity index is 479. The number of hydrogen-bond acceptors (Lipinski definition) is 3. The van der Waals surface area contributed by atoms with Gasteiger partial charge in [0.05, 0.1) is 5.75 Å². The van der Waals surface area contributed by atoms with Gasteiger partial charge in [0.15, 0.2) is 0 Å². The third-order valence-corrected chi connectivity index (χ3v) is 4.46. The molecule has 1 aliphatic heterocycles. The molecule has 1 fully saturated rings. The fourth-order valence-corrected chi connectivity index (χ4v) is 2.94. The van der Waals surface area contributed by atoms with E-state index in [1.54, 1.807) is 23.6 Å². The SMILES string of the molecule is CC(=O)N1CCN(C(=O)CSc2ccc(C)cc2)CC1. The van der Waals surface area contributed by atoms with Crippen molar-refractivity contribution in [3.05, 3.63) is 29.8 Å². The molecule has 2 rings (SSSR count). The number of amides is 2. The van der Waals surface area contributed by atoms with E-state index in [2.05, 4.69) is 12.1 Å². The van der Waals surface area contributed by atoms with Crippen LogP contribution in [-0.4, -0.2) is 53.5 Å². The number of piperazine rings is 1. The third-order valence-electron chi connectivity index (χ3n) is 3.46. The van der Waals surface area contributed by atoms with E-state index in [9.17, 15) is 9.59 Å². The van der Waals surface area contributed by atoms with E-state index in [0.29, 0.717) is 31.9 Å². The van der Waals surface area contributed by atoms with Gasteiger partial charge >= 0.3 is 0 Å². The molecule has 20 heavy (non-hydrogen) atoms. The molecule has 1 heterocycles. The Labute approximate surface area is 124 Å². The molecule has 0 bridgehead atoms. The summed E-state index contributed by atoms with van der Waals surface area (Å²) < 4.78 is 0. The van der Waals surface area contributed by atoms with E-state index in [4.69, 9.17) is 0 Å². The summed E-state index contributed by atoms with van der Waals surface area (Å²) in [4.78, 5) is 28.1. The summed E-state index contributed by atoms with van der Waals surface area (Å²) in [6.45, 7) is 6.21. The van der Waals surface area contributed by atoms with E-state index >= 15 is 0 Å². The number of aryl methyl sites for hydroxylation is 1. The number of hydrogen-bond donors (Lipinski definition) is 0. The summed E-state index contributed by atoms with van der Waals surface area (Å²) in [5, 5.41) is 0. The van der Waals surface area contributed by atoms with Crippen LogP contribution in [0.3, 0.4) is 0 Å². The normalized spacial score (nSPS) is 15.3. The van der Waals surface area contributed by atoms with Gasteiger partial charge in [-0.1, -0.05) is 17.7 Å². The van der Waals surface area contributed by atoms with Crippen molar-refractivity contribution in [1.29, 1.82) is 0 Å². The molecule has 0 unspecified atom stereocenters. The lowest BCUT2D eigenvalue weighted by atomic mass is 10.2. The lowest BCUT2D eigenvalue weighted by molar-refractivity contribution is -0.136. The Hall–Kier alpha value is -1.49. The van der Waals surface area contributed by atoms with Crippen LogP contribution in [0.15, 0.2) is 29.2 Å². The summed E-state index contributed by atoms with van der Waals surface area (Å²) in [6, 6.07) is 8.19. The molecular formula is C15H20N2O2S. The van der Waals surface area contributed by atoms with Crippen molar-refractivity contribution < 1.29 is 9.59 Å². The average molecular weight is 292 g/mol. The summed E-state index contributed by atoms with van der Waals surface area (Å²) in [5.41, 5.74) is 1.22. The predicted molar refractivity (Wildman–Crippen MR) is 80.7 cm³/mol. The minimum absolute atomic E-state index is 0.0890. The van der Waals surface area contributed by atoms with Gasteiger partial charge < -0.3 is 9.80 Å². The highest BCUT2D eigenvalue weighted by atomic mass is 32.2. The molecule has 0 N–H and O–H groups in total. The Morgan fingerprint density at radius 1 is 1.05 bits per heavy atom. The van der Waals surface area contributed by atoms with E-state index in [1.165, 1.54) is 5.56 Å². The Kier molecular flexibility index (Phi) is 5.06. The van der Waals surface area contributed by atoms with Crippen LogP contribution in [0.5, 0.6) is 0 Å². The number of rotatable bonds is 3. The van der Waals surface area contributed by atoms with Gasteiger partial charge in [0.1, 0.15) is 0 Å². The molecule has 0 atom stereocenters. The quantitative estimate of drug-likeness (QED) is 0.797. The summed E-state index contributed by atoms with van der Waals surface area (Å²) in [7, 11) is 0. The van der Waals surface area contributed by atoms with Gasteiger partial charge in [-0.2, -0.15) is 0 Å². The topological polar surface area (TPSA) is 40.6 Å². The largest absolute Gasteiger partial charge is 0.339 e. The summed E-state index contributed by atoms with van der Waals surface area (Å²) in [5.74, 6) is 0.702. The molecule has 1 aromatic carbocycles. The first-order valence-corrected chi connectivity index (χ1v) is 7.77. The minimum atomic E-state index is 0.0890. The van der Waals surface area contributed by atoms with Crippen molar-refractivity contribution in [2.75, 3.05) is 31.9 Å². The highest BCUT2D eigenvalue weighted by Gasteiger charge is 2.22. The van der Waals surface area contributed by atoms with Crippen LogP contribution in [0.1, 0.15) is 12.5 Å². The van der Waals surface area contributed by atoms with Crippen LogP contribution in [-0.2, 0) is 9.59 Å². The van der Waals surface area contributed by atoms with E-state index < -0.39 is 0 Å². The fraction of sp³-hybridized carbons (Fsp3) is 0.467. The molecule has 0 aliphatic carbocycles. The Balaban J connectivity index is 1.78. The van der Waals surface area contributed by atoms with Crippen molar-refractivity contribution >= 4 is 23.6 Å². The van der Waals surface area contributed by atoms with Gasteiger partial charge in [0.25, 0.3) is 0 Å². The molecule has 0 radical (unpaired) electrons. The van der Waals surface area contributed by atoms with Gasteiger partial charge in [-0.25, -0.2) is 0 Å². The van der Waals surface area contributed by atoms with Crippen LogP contribution >= 0.6 is 11.8 Å². The van der Waals surface area contributed by atoms with Crippen LogP contribution in [0.4, 0.5) is 0 Å². The van der Waals surface area contributed by atoms with Gasteiger partial charge in [-0.3, -0.25) is 9.59 Å². The van der Waals surface area contributed by atoms with E-state index in [-0.39, 0.29) is 11.8 Å². The van der Waals surface area contributed by atoms with Crippen LogP contribution in [0.2, 0.25) is 0 Å². The van der Waals surface area contributed by atoms with Gasteiger partial charge in [0, 0.05) is 38.0 Å². The predicted octanol–water partition coefficient (Wildman–Crippen LogP) is 1.78. The molecule has 0 saturated carbocycles. The maximum absolute atomic E-state index is 12.1. The maximum atomic E-state index is 12.1. The van der Waals surface area contributed by atoms with Crippen LogP contribution < -0.4 is 0 Å². The van der Waals surface area contributed by atoms with E-state index in [1.807, 2.05) is 24.0 Å². The molecule has 108 valence electrons. The highest BCUT2D eigenvalue weighted by Crippen LogP contribution is 2.19. The molecule has 1 aromatic rings. The molecule has 0 spiro atoms. The molecule has 2 amide bonds. The number of nitrogens with zero attached hydrogens (tertiary/aromatic N) is 2. The number of thioether (sulfide) groups is 1. The van der Waals surface area contributed by atoms with Crippen LogP contribution in [0.25, 0.3) is 0 Å². The molecule has 5 heteroatoms. The van der Waals surface area contributed by atoms with E-state index in [0.717, 1.165) is 4.90 Å². The second-order valence-corrected chi connectivity index (χ2v) is 6.04. The third kappa shape index (κ3) is 4.00. The Morgan fingerprint density at radius 2 is 1.60 bits per heavy atom. The monoisotopic (exact) mass is 292 g/mol. The Morgan fingerprint density at radius 3 is 2.15 bits per heavy atom. The number of carbonyl (C=O) groups excluding carboxylic acids is 2. The average Bonchev–Trinajstić information content (AvgIpc) is 2.46. The summed E-state index contributed by atoms with van der Waals surface area (Å²) in [6.07, 6.45) is 0. The zero-order valence-corrected chi connectivity index (χ0v) is 12.8. The first kappa shape index (κ1) is 14.9. The minimum Gasteiger partial charge on any atom is -0.339 e. The summed E-state index contributed by atoms with van der Waals surface area (Å²) >= 11 is 1.57. The number of carbonyl (C=O) groups is 2. The smallest absolute Gasteiger partial charge is 0.233 e. The standard InChI is InChI=1S/C15H20N2O2S/c1-12-3-5-14(6-4-12)20-11-15(19)17-9-7-16(8-10-17)13(2)18/h3-6H,7-11H2,1-2H3. The second-order valence-electron chi connectivity index (χ2n) is 4.99. The van der Waals surface area contributed by atoms with Crippen molar-refractivity contribution in [3.63, 3.8) is 0 Å². The van der Waals surface area contributed by atoms with Gasteiger partial charge in [-0.15, -0.1) is 11.8 Å². The maximum Gasteiger partial charge on any atom is 0.233 e. The lowest BCUT2D eigenvalue weighted by Crippen LogP contribution is -2.50. The van der Waals surface area contributed by atoms with Crippen LogP contribution in [0, 0.1) is 6.92 Å². The molecule has 1 saturated heterocycles. The molecule has 0 aromatic heterocycles. The van der Waals surface area contributed by atoms with Gasteiger partial charge in [0.2, 0.25) is 11.8 Å². The van der Waals surface area contributed by atoms with Crippen molar-refractivity contribution in [2.45, 2.75) is 18.7 Å². The highest BCUT2D eigenvalue weighted by molar-refractivity contribution is 8.00. The van der Waals surface area contributed by atoms with Crippen molar-refractivity contribution in [1.82, 2.24) is 9.80 Å².